The molecule has 6 nitrogen and oxygen atoms in total. The minimum atomic E-state index is -0.779. The molecule has 3 aromatic rings. The van der Waals surface area contributed by atoms with Crippen molar-refractivity contribution in [3.63, 3.8) is 0 Å². The fraction of sp³-hybridized carbons (Fsp3) is 0.0556. The van der Waals surface area contributed by atoms with Crippen molar-refractivity contribution >= 4 is 11.3 Å². The molecule has 0 aliphatic heterocycles. The van der Waals surface area contributed by atoms with Gasteiger partial charge in [0.15, 0.2) is 0 Å². The van der Waals surface area contributed by atoms with Gasteiger partial charge in [-0.15, -0.1) is 10.1 Å². The van der Waals surface area contributed by atoms with E-state index in [0.29, 0.717) is 17.7 Å². The monoisotopic (exact) mass is 321 g/mol. The number of rotatable bonds is 6. The number of allylic oxidation sites excluding steroid dienone is 1. The molecule has 0 aliphatic rings. The third-order valence-electron chi connectivity index (χ3n) is 3.50. The Morgan fingerprint density at radius 2 is 1.67 bits per heavy atom. The van der Waals surface area contributed by atoms with Crippen LogP contribution in [0, 0.1) is 10.1 Å². The van der Waals surface area contributed by atoms with Crippen molar-refractivity contribution in [3.8, 4) is 0 Å². The maximum Gasteiger partial charge on any atom is 0.299 e. The van der Waals surface area contributed by atoms with E-state index < -0.39 is 5.09 Å². The Labute approximate surface area is 138 Å². The molecular formula is C18H15N3O3. The number of aromatic nitrogens is 2. The second kappa shape index (κ2) is 7.23. The van der Waals surface area contributed by atoms with Gasteiger partial charge in [-0.05, 0) is 5.56 Å². The molecule has 120 valence electrons. The lowest BCUT2D eigenvalue weighted by Crippen LogP contribution is -2.07. The molecule has 0 atom stereocenters. The first-order chi connectivity index (χ1) is 11.7. The second-order valence-corrected chi connectivity index (χ2v) is 5.09. The van der Waals surface area contributed by atoms with E-state index in [9.17, 15) is 10.1 Å². The molecule has 3 rings (SSSR count). The average Bonchev–Trinajstić information content (AvgIpc) is 3.12. The van der Waals surface area contributed by atoms with Gasteiger partial charge in [-0.3, -0.25) is 4.84 Å². The van der Waals surface area contributed by atoms with E-state index in [1.807, 2.05) is 53.1 Å². The van der Waals surface area contributed by atoms with Crippen LogP contribution in [0.25, 0.3) is 11.3 Å². The maximum atomic E-state index is 11.1. The first-order valence-corrected chi connectivity index (χ1v) is 7.36. The van der Waals surface area contributed by atoms with Crippen LogP contribution in [-0.4, -0.2) is 14.6 Å². The summed E-state index contributed by atoms with van der Waals surface area (Å²) in [4.78, 5) is 20.0. The Morgan fingerprint density at radius 1 is 1.04 bits per heavy atom. The van der Waals surface area contributed by atoms with Crippen LogP contribution in [0.1, 0.15) is 11.1 Å². The molecule has 0 N–H and O–H groups in total. The number of imidazole rings is 1. The Kier molecular flexibility index (Phi) is 4.67. The zero-order chi connectivity index (χ0) is 16.8. The van der Waals surface area contributed by atoms with Crippen LogP contribution in [0.2, 0.25) is 0 Å². The van der Waals surface area contributed by atoms with Crippen molar-refractivity contribution in [3.05, 3.63) is 101 Å². The first kappa shape index (κ1) is 15.5. The molecule has 0 saturated heterocycles. The highest BCUT2D eigenvalue weighted by atomic mass is 17.0. The predicted octanol–water partition coefficient (Wildman–Crippen LogP) is 3.66. The fourth-order valence-corrected chi connectivity index (χ4v) is 2.44. The standard InChI is InChI=1S/C18H15N3O3/c22-21(23)24-18(16-9-5-2-6-10-16)17(13-20-12-11-19-14-20)15-7-3-1-4-8-15/h1-12,14H,13H2. The molecule has 0 unspecified atom stereocenters. The second-order valence-electron chi connectivity index (χ2n) is 5.09. The molecule has 1 heterocycles. The van der Waals surface area contributed by atoms with E-state index in [4.69, 9.17) is 4.84 Å². The van der Waals surface area contributed by atoms with Gasteiger partial charge >= 0.3 is 0 Å². The number of hydrogen-bond donors (Lipinski definition) is 0. The molecule has 0 aliphatic carbocycles. The fourth-order valence-electron chi connectivity index (χ4n) is 2.44. The summed E-state index contributed by atoms with van der Waals surface area (Å²) < 4.78 is 1.84. The van der Waals surface area contributed by atoms with Crippen molar-refractivity contribution in [2.24, 2.45) is 0 Å². The Bertz CT molecular complexity index is 828. The number of hydrogen-bond acceptors (Lipinski definition) is 4. The molecule has 24 heavy (non-hydrogen) atoms. The van der Waals surface area contributed by atoms with Crippen LogP contribution >= 0.6 is 0 Å². The first-order valence-electron chi connectivity index (χ1n) is 7.36. The molecular weight excluding hydrogens is 306 g/mol. The van der Waals surface area contributed by atoms with E-state index >= 15 is 0 Å². The molecule has 1 aromatic heterocycles. The molecule has 6 heteroatoms. The summed E-state index contributed by atoms with van der Waals surface area (Å²) in [5.74, 6) is 0.223. The van der Waals surface area contributed by atoms with E-state index in [1.165, 1.54) is 0 Å². The van der Waals surface area contributed by atoms with Gasteiger partial charge in [-0.2, -0.15) is 0 Å². The van der Waals surface area contributed by atoms with Crippen molar-refractivity contribution in [1.29, 1.82) is 0 Å². The minimum Gasteiger partial charge on any atom is -0.333 e. The SMILES string of the molecule is O=[N+]([O-])OC(=C(Cn1ccnc1)c1ccccc1)c1ccccc1. The zero-order valence-corrected chi connectivity index (χ0v) is 12.8. The van der Waals surface area contributed by atoms with Crippen LogP contribution in [0.4, 0.5) is 0 Å². The van der Waals surface area contributed by atoms with Gasteiger partial charge in [-0.25, -0.2) is 4.98 Å². The smallest absolute Gasteiger partial charge is 0.299 e. The number of benzene rings is 2. The van der Waals surface area contributed by atoms with Gasteiger partial charge in [-0.1, -0.05) is 60.7 Å². The quantitative estimate of drug-likeness (QED) is 0.301. The zero-order valence-electron chi connectivity index (χ0n) is 12.8. The molecule has 0 amide bonds. The average molecular weight is 321 g/mol. The molecule has 0 bridgehead atoms. The van der Waals surface area contributed by atoms with Crippen molar-refractivity contribution in [2.75, 3.05) is 0 Å². The van der Waals surface area contributed by atoms with Crippen LogP contribution in [-0.2, 0) is 11.4 Å². The topological polar surface area (TPSA) is 70.2 Å². The maximum absolute atomic E-state index is 11.1. The lowest BCUT2D eigenvalue weighted by molar-refractivity contribution is -0.730. The van der Waals surface area contributed by atoms with Gasteiger partial charge in [0.05, 0.1) is 12.9 Å². The lowest BCUT2D eigenvalue weighted by Gasteiger charge is -2.15. The normalized spacial score (nSPS) is 11.7. The Morgan fingerprint density at radius 3 is 2.21 bits per heavy atom. The van der Waals surface area contributed by atoms with E-state index in [-0.39, 0.29) is 5.76 Å². The number of nitrogens with zero attached hydrogens (tertiary/aromatic N) is 3. The summed E-state index contributed by atoms with van der Waals surface area (Å²) in [6.07, 6.45) is 5.13. The highest BCUT2D eigenvalue weighted by molar-refractivity contribution is 5.87. The van der Waals surface area contributed by atoms with Crippen LogP contribution < -0.4 is 0 Å². The molecule has 0 saturated carbocycles. The summed E-state index contributed by atoms with van der Waals surface area (Å²) in [7, 11) is 0. The summed E-state index contributed by atoms with van der Waals surface area (Å²) in [6.45, 7) is 0.405. The van der Waals surface area contributed by atoms with Crippen LogP contribution in [0.5, 0.6) is 0 Å². The largest absolute Gasteiger partial charge is 0.333 e. The third kappa shape index (κ3) is 3.67. The van der Waals surface area contributed by atoms with Crippen LogP contribution in [0.3, 0.4) is 0 Å². The lowest BCUT2D eigenvalue weighted by atomic mass is 10.0. The van der Waals surface area contributed by atoms with Crippen LogP contribution in [0.15, 0.2) is 79.4 Å². The molecule has 0 radical (unpaired) electrons. The summed E-state index contributed by atoms with van der Waals surface area (Å²) in [6, 6.07) is 18.5. The van der Waals surface area contributed by atoms with Gasteiger partial charge in [0.1, 0.15) is 5.76 Å². The summed E-state index contributed by atoms with van der Waals surface area (Å²) in [5.41, 5.74) is 2.21. The molecule has 0 spiro atoms. The van der Waals surface area contributed by atoms with Gasteiger partial charge < -0.3 is 4.57 Å². The Hall–Kier alpha value is -3.41. The van der Waals surface area contributed by atoms with Crippen molar-refractivity contribution < 1.29 is 9.92 Å². The van der Waals surface area contributed by atoms with Gasteiger partial charge in [0.25, 0.3) is 5.09 Å². The molecule has 0 fully saturated rings. The van der Waals surface area contributed by atoms with Crippen molar-refractivity contribution in [1.82, 2.24) is 9.55 Å². The summed E-state index contributed by atoms with van der Waals surface area (Å²) in [5, 5.41) is 10.3. The minimum absolute atomic E-state index is 0.223. The van der Waals surface area contributed by atoms with E-state index in [0.717, 1.165) is 5.56 Å². The van der Waals surface area contributed by atoms with Gasteiger partial charge in [0.2, 0.25) is 0 Å². The predicted molar refractivity (Wildman–Crippen MR) is 90.0 cm³/mol. The van der Waals surface area contributed by atoms with E-state index in [1.54, 1.807) is 30.9 Å². The van der Waals surface area contributed by atoms with Crippen molar-refractivity contribution in [2.45, 2.75) is 6.54 Å². The highest BCUT2D eigenvalue weighted by Gasteiger charge is 2.16. The summed E-state index contributed by atoms with van der Waals surface area (Å²) >= 11 is 0. The van der Waals surface area contributed by atoms with Gasteiger partial charge in [0, 0.05) is 23.5 Å². The third-order valence-corrected chi connectivity index (χ3v) is 3.50. The highest BCUT2D eigenvalue weighted by Crippen LogP contribution is 2.29. The Balaban J connectivity index is 2.16. The van der Waals surface area contributed by atoms with E-state index in [2.05, 4.69) is 4.98 Å². The molecule has 2 aromatic carbocycles.